The van der Waals surface area contributed by atoms with E-state index in [0.29, 0.717) is 18.7 Å². The van der Waals surface area contributed by atoms with Crippen LogP contribution in [0.2, 0.25) is 0 Å². The van der Waals surface area contributed by atoms with Crippen LogP contribution >= 0.6 is 0 Å². The zero-order valence-electron chi connectivity index (χ0n) is 12.1. The molecule has 0 spiro atoms. The van der Waals surface area contributed by atoms with Crippen LogP contribution in [0, 0.1) is 5.92 Å². The second kappa shape index (κ2) is 7.03. The molecular weight excluding hydrogens is 264 g/mol. The van der Waals surface area contributed by atoms with Crippen molar-refractivity contribution < 1.29 is 13.8 Å². The number of piperazine rings is 1. The van der Waals surface area contributed by atoms with Gasteiger partial charge in [-0.1, -0.05) is 27.2 Å². The van der Waals surface area contributed by atoms with Crippen molar-refractivity contribution >= 4 is 22.6 Å². The molecule has 1 heterocycles. The molecule has 3 unspecified atom stereocenters. The van der Waals surface area contributed by atoms with Gasteiger partial charge in [0.1, 0.15) is 12.1 Å². The molecule has 110 valence electrons. The van der Waals surface area contributed by atoms with Crippen molar-refractivity contribution in [2.24, 2.45) is 5.92 Å². The van der Waals surface area contributed by atoms with Gasteiger partial charge in [-0.3, -0.25) is 13.8 Å². The number of nitrogens with one attached hydrogen (secondary N) is 1. The SMILES string of the molecule is CCCC1NC(=O)C(C(C)C)N(CCS(C)=O)C1=O. The number of hydrogen-bond donors (Lipinski definition) is 1. The molecule has 0 aromatic carbocycles. The first kappa shape index (κ1) is 16.1. The zero-order chi connectivity index (χ0) is 14.6. The Bertz CT molecular complexity index is 371. The van der Waals surface area contributed by atoms with Gasteiger partial charge in [-0.05, 0) is 12.3 Å². The molecule has 0 radical (unpaired) electrons. The lowest BCUT2D eigenvalue weighted by atomic mass is 9.96. The molecular formula is C13H24N2O3S. The van der Waals surface area contributed by atoms with E-state index in [1.807, 2.05) is 20.8 Å². The smallest absolute Gasteiger partial charge is 0.245 e. The number of carbonyl (C=O) groups excluding carboxylic acids is 2. The topological polar surface area (TPSA) is 66.5 Å². The highest BCUT2D eigenvalue weighted by Gasteiger charge is 2.41. The van der Waals surface area contributed by atoms with E-state index in [9.17, 15) is 13.8 Å². The predicted octanol–water partition coefficient (Wildman–Crippen LogP) is 0.517. The largest absolute Gasteiger partial charge is 0.342 e. The molecule has 6 heteroatoms. The molecule has 1 fully saturated rings. The van der Waals surface area contributed by atoms with Crippen molar-refractivity contribution in [2.45, 2.75) is 45.7 Å². The van der Waals surface area contributed by atoms with Gasteiger partial charge in [0.25, 0.3) is 0 Å². The summed E-state index contributed by atoms with van der Waals surface area (Å²) in [7, 11) is -0.962. The number of rotatable bonds is 6. The summed E-state index contributed by atoms with van der Waals surface area (Å²) in [5.41, 5.74) is 0. The Kier molecular flexibility index (Phi) is 5.97. The summed E-state index contributed by atoms with van der Waals surface area (Å²) < 4.78 is 11.2. The standard InChI is InChI=1S/C13H24N2O3S/c1-5-6-10-13(17)15(7-8-19(4)18)11(9(2)3)12(16)14-10/h9-11H,5-8H2,1-4H3,(H,14,16). The first-order valence-electron chi connectivity index (χ1n) is 6.79. The van der Waals surface area contributed by atoms with Gasteiger partial charge in [-0.15, -0.1) is 0 Å². The van der Waals surface area contributed by atoms with Gasteiger partial charge >= 0.3 is 0 Å². The highest BCUT2D eigenvalue weighted by molar-refractivity contribution is 7.84. The van der Waals surface area contributed by atoms with Crippen molar-refractivity contribution in [3.8, 4) is 0 Å². The lowest BCUT2D eigenvalue weighted by molar-refractivity contribution is -0.151. The quantitative estimate of drug-likeness (QED) is 0.775. The van der Waals surface area contributed by atoms with Gasteiger partial charge < -0.3 is 10.2 Å². The van der Waals surface area contributed by atoms with E-state index >= 15 is 0 Å². The first-order chi connectivity index (χ1) is 8.88. The summed E-state index contributed by atoms with van der Waals surface area (Å²) in [5, 5.41) is 2.81. The van der Waals surface area contributed by atoms with E-state index in [1.165, 1.54) is 0 Å². The molecule has 1 aliphatic rings. The third kappa shape index (κ3) is 4.03. The maximum absolute atomic E-state index is 12.4. The Balaban J connectivity index is 2.89. The minimum absolute atomic E-state index is 0.0365. The molecule has 0 aromatic rings. The van der Waals surface area contributed by atoms with Crippen LogP contribution in [0.1, 0.15) is 33.6 Å². The molecule has 19 heavy (non-hydrogen) atoms. The average Bonchev–Trinajstić information content (AvgIpc) is 2.30. The monoisotopic (exact) mass is 288 g/mol. The van der Waals surface area contributed by atoms with Gasteiger partial charge in [0.05, 0.1) is 0 Å². The zero-order valence-corrected chi connectivity index (χ0v) is 13.0. The summed E-state index contributed by atoms with van der Waals surface area (Å²) in [5.74, 6) is 0.346. The third-order valence-corrected chi connectivity index (χ3v) is 4.09. The molecule has 5 nitrogen and oxygen atoms in total. The van der Waals surface area contributed by atoms with E-state index in [1.54, 1.807) is 11.2 Å². The van der Waals surface area contributed by atoms with Gasteiger partial charge in [0.15, 0.2) is 0 Å². The molecule has 0 aromatic heterocycles. The fraction of sp³-hybridized carbons (Fsp3) is 0.846. The number of amides is 2. The second-order valence-electron chi connectivity index (χ2n) is 5.35. The molecule has 0 saturated carbocycles. The van der Waals surface area contributed by atoms with Crippen LogP contribution in [0.4, 0.5) is 0 Å². The Morgan fingerprint density at radius 2 is 2.00 bits per heavy atom. The minimum atomic E-state index is -0.962. The summed E-state index contributed by atoms with van der Waals surface area (Å²) >= 11 is 0. The Morgan fingerprint density at radius 3 is 2.47 bits per heavy atom. The fourth-order valence-electron chi connectivity index (χ4n) is 2.42. The molecule has 1 aliphatic heterocycles. The normalized spacial score (nSPS) is 25.6. The Morgan fingerprint density at radius 1 is 1.37 bits per heavy atom. The number of carbonyl (C=O) groups is 2. The summed E-state index contributed by atoms with van der Waals surface area (Å²) in [6, 6.07) is -0.859. The van der Waals surface area contributed by atoms with Crippen LogP contribution in [0.15, 0.2) is 0 Å². The maximum atomic E-state index is 12.4. The predicted molar refractivity (Wildman–Crippen MR) is 76.1 cm³/mol. The summed E-state index contributed by atoms with van der Waals surface area (Å²) in [4.78, 5) is 26.2. The molecule has 1 N–H and O–H groups in total. The van der Waals surface area contributed by atoms with Crippen molar-refractivity contribution in [2.75, 3.05) is 18.6 Å². The van der Waals surface area contributed by atoms with E-state index in [4.69, 9.17) is 0 Å². The van der Waals surface area contributed by atoms with Gasteiger partial charge in [0, 0.05) is 29.4 Å². The molecule has 3 atom stereocenters. The van der Waals surface area contributed by atoms with Crippen LogP contribution in [0.25, 0.3) is 0 Å². The molecule has 0 aliphatic carbocycles. The minimum Gasteiger partial charge on any atom is -0.342 e. The Hall–Kier alpha value is -0.910. The van der Waals surface area contributed by atoms with Gasteiger partial charge in [-0.25, -0.2) is 0 Å². The summed E-state index contributed by atoms with van der Waals surface area (Å²) in [6.45, 7) is 6.22. The van der Waals surface area contributed by atoms with E-state index < -0.39 is 22.9 Å². The molecule has 1 saturated heterocycles. The lowest BCUT2D eigenvalue weighted by Crippen LogP contribution is -2.65. The highest BCUT2D eigenvalue weighted by atomic mass is 32.2. The van der Waals surface area contributed by atoms with Gasteiger partial charge in [-0.2, -0.15) is 0 Å². The van der Waals surface area contributed by atoms with Crippen molar-refractivity contribution in [1.82, 2.24) is 10.2 Å². The van der Waals surface area contributed by atoms with Crippen LogP contribution < -0.4 is 5.32 Å². The van der Waals surface area contributed by atoms with Crippen LogP contribution in [-0.2, 0) is 20.4 Å². The number of nitrogens with zero attached hydrogens (tertiary/aromatic N) is 1. The number of hydrogen-bond acceptors (Lipinski definition) is 3. The van der Waals surface area contributed by atoms with Crippen molar-refractivity contribution in [3.05, 3.63) is 0 Å². The van der Waals surface area contributed by atoms with E-state index in [2.05, 4.69) is 5.32 Å². The Labute approximate surface area is 117 Å². The maximum Gasteiger partial charge on any atom is 0.245 e. The van der Waals surface area contributed by atoms with Crippen molar-refractivity contribution in [1.29, 1.82) is 0 Å². The molecule has 2 amide bonds. The van der Waals surface area contributed by atoms with Gasteiger partial charge in [0.2, 0.25) is 11.8 Å². The van der Waals surface area contributed by atoms with E-state index in [-0.39, 0.29) is 17.7 Å². The average molecular weight is 288 g/mol. The van der Waals surface area contributed by atoms with E-state index in [0.717, 1.165) is 6.42 Å². The van der Waals surface area contributed by atoms with Crippen molar-refractivity contribution in [3.63, 3.8) is 0 Å². The lowest BCUT2D eigenvalue weighted by Gasteiger charge is -2.40. The van der Waals surface area contributed by atoms with Crippen LogP contribution in [0.5, 0.6) is 0 Å². The fourth-order valence-corrected chi connectivity index (χ4v) is 2.87. The van der Waals surface area contributed by atoms with Crippen LogP contribution in [0.3, 0.4) is 0 Å². The highest BCUT2D eigenvalue weighted by Crippen LogP contribution is 2.19. The van der Waals surface area contributed by atoms with Crippen LogP contribution in [-0.4, -0.2) is 51.6 Å². The summed E-state index contributed by atoms with van der Waals surface area (Å²) in [6.07, 6.45) is 3.11. The first-order valence-corrected chi connectivity index (χ1v) is 8.52. The molecule has 0 bridgehead atoms. The third-order valence-electron chi connectivity index (χ3n) is 3.33. The molecule has 1 rings (SSSR count). The second-order valence-corrected chi connectivity index (χ2v) is 6.90.